The number of aromatic nitrogens is 2. The molecule has 0 unspecified atom stereocenters. The molecular formula is C18H24N4O2. The fraction of sp³-hybridized carbons (Fsp3) is 0.389. The topological polar surface area (TPSA) is 76.0 Å². The lowest BCUT2D eigenvalue weighted by Crippen LogP contribution is -2.25. The normalized spacial score (nSPS) is 11.1. The van der Waals surface area contributed by atoms with Gasteiger partial charge in [-0.3, -0.25) is 14.3 Å². The van der Waals surface area contributed by atoms with Crippen molar-refractivity contribution in [1.29, 1.82) is 0 Å². The van der Waals surface area contributed by atoms with Crippen molar-refractivity contribution in [3.8, 4) is 0 Å². The van der Waals surface area contributed by atoms with Crippen molar-refractivity contribution >= 4 is 17.5 Å². The zero-order valence-electron chi connectivity index (χ0n) is 14.4. The summed E-state index contributed by atoms with van der Waals surface area (Å²) in [5, 5.41) is 9.86. The highest BCUT2D eigenvalue weighted by molar-refractivity contribution is 5.94. The van der Waals surface area contributed by atoms with Gasteiger partial charge in [-0.2, -0.15) is 5.10 Å². The number of carbonyl (C=O) groups excluding carboxylic acids is 2. The maximum Gasteiger partial charge on any atom is 0.251 e. The molecule has 0 spiro atoms. The maximum atomic E-state index is 11.9. The Morgan fingerprint density at radius 3 is 2.50 bits per heavy atom. The van der Waals surface area contributed by atoms with Gasteiger partial charge in [0.25, 0.3) is 5.91 Å². The molecule has 1 aromatic heterocycles. The third-order valence-corrected chi connectivity index (χ3v) is 3.46. The predicted molar refractivity (Wildman–Crippen MR) is 93.9 cm³/mol. The molecule has 1 heterocycles. The first-order valence-electron chi connectivity index (χ1n) is 8.04. The minimum Gasteiger partial charge on any atom is -0.352 e. The van der Waals surface area contributed by atoms with E-state index in [0.29, 0.717) is 30.6 Å². The number of anilines is 1. The van der Waals surface area contributed by atoms with Crippen molar-refractivity contribution in [1.82, 2.24) is 15.1 Å². The summed E-state index contributed by atoms with van der Waals surface area (Å²) in [5.74, 6) is -0.208. The van der Waals surface area contributed by atoms with Crippen LogP contribution in [-0.4, -0.2) is 28.1 Å². The van der Waals surface area contributed by atoms with Crippen LogP contribution in [0.25, 0.3) is 0 Å². The summed E-state index contributed by atoms with van der Waals surface area (Å²) in [6.07, 6.45) is 4.38. The molecule has 0 fully saturated rings. The molecule has 1 aromatic carbocycles. The predicted octanol–water partition coefficient (Wildman–Crippen LogP) is 2.79. The first kappa shape index (κ1) is 17.7. The van der Waals surface area contributed by atoms with Gasteiger partial charge in [0.05, 0.1) is 17.4 Å². The molecule has 0 saturated carbocycles. The van der Waals surface area contributed by atoms with E-state index in [9.17, 15) is 9.59 Å². The third-order valence-electron chi connectivity index (χ3n) is 3.46. The Balaban J connectivity index is 1.70. The maximum absolute atomic E-state index is 11.9. The van der Waals surface area contributed by atoms with Gasteiger partial charge in [0.1, 0.15) is 0 Å². The highest BCUT2D eigenvalue weighted by Crippen LogP contribution is 2.15. The summed E-state index contributed by atoms with van der Waals surface area (Å²) in [4.78, 5) is 23.8. The molecule has 0 bridgehead atoms. The van der Waals surface area contributed by atoms with Crippen LogP contribution in [-0.2, 0) is 10.3 Å². The van der Waals surface area contributed by atoms with E-state index >= 15 is 0 Å². The van der Waals surface area contributed by atoms with Crippen LogP contribution in [0.3, 0.4) is 0 Å². The Bertz CT molecular complexity index is 687. The standard InChI is InChI=1S/C18H24N4O2/c1-18(2,3)22-13-15(12-20-22)21-16(23)10-7-11-19-17(24)14-8-5-4-6-9-14/h4-6,8-9,12-13H,7,10-11H2,1-3H3,(H,19,24)(H,21,23). The fourth-order valence-electron chi connectivity index (χ4n) is 2.12. The summed E-state index contributed by atoms with van der Waals surface area (Å²) in [6, 6.07) is 9.02. The van der Waals surface area contributed by atoms with Crippen LogP contribution >= 0.6 is 0 Å². The molecule has 6 nitrogen and oxygen atoms in total. The van der Waals surface area contributed by atoms with Crippen molar-refractivity contribution in [2.45, 2.75) is 39.2 Å². The van der Waals surface area contributed by atoms with Gasteiger partial charge in [0, 0.05) is 24.7 Å². The molecule has 0 aliphatic carbocycles. The number of nitrogens with zero attached hydrogens (tertiary/aromatic N) is 2. The summed E-state index contributed by atoms with van der Waals surface area (Å²) < 4.78 is 1.81. The second kappa shape index (κ2) is 7.77. The number of benzene rings is 1. The van der Waals surface area contributed by atoms with E-state index in [1.807, 2.05) is 49.8 Å². The number of hydrogen-bond donors (Lipinski definition) is 2. The number of amides is 2. The average Bonchev–Trinajstić information content (AvgIpc) is 3.01. The van der Waals surface area contributed by atoms with E-state index in [4.69, 9.17) is 0 Å². The van der Waals surface area contributed by atoms with Gasteiger partial charge in [0.15, 0.2) is 0 Å². The van der Waals surface area contributed by atoms with Crippen molar-refractivity contribution in [2.24, 2.45) is 0 Å². The van der Waals surface area contributed by atoms with E-state index in [0.717, 1.165) is 0 Å². The molecule has 0 saturated heterocycles. The van der Waals surface area contributed by atoms with E-state index in [1.165, 1.54) is 0 Å². The second-order valence-corrected chi connectivity index (χ2v) is 6.62. The molecule has 2 amide bonds. The lowest BCUT2D eigenvalue weighted by atomic mass is 10.1. The van der Waals surface area contributed by atoms with Crippen LogP contribution in [0, 0.1) is 0 Å². The monoisotopic (exact) mass is 328 g/mol. The Hall–Kier alpha value is -2.63. The zero-order valence-corrected chi connectivity index (χ0v) is 14.4. The Morgan fingerprint density at radius 2 is 1.88 bits per heavy atom. The van der Waals surface area contributed by atoms with Crippen LogP contribution in [0.2, 0.25) is 0 Å². The average molecular weight is 328 g/mol. The Kier molecular flexibility index (Phi) is 5.73. The van der Waals surface area contributed by atoms with Crippen LogP contribution in [0.5, 0.6) is 0 Å². The van der Waals surface area contributed by atoms with Gasteiger partial charge >= 0.3 is 0 Å². The van der Waals surface area contributed by atoms with Gasteiger partial charge in [-0.1, -0.05) is 18.2 Å². The molecule has 0 radical (unpaired) electrons. The lowest BCUT2D eigenvalue weighted by Gasteiger charge is -2.18. The zero-order chi connectivity index (χ0) is 17.6. The molecule has 6 heteroatoms. The smallest absolute Gasteiger partial charge is 0.251 e. The molecule has 0 aliphatic rings. The summed E-state index contributed by atoms with van der Waals surface area (Å²) in [6.45, 7) is 6.59. The molecular weight excluding hydrogens is 304 g/mol. The summed E-state index contributed by atoms with van der Waals surface area (Å²) in [7, 11) is 0. The molecule has 128 valence electrons. The second-order valence-electron chi connectivity index (χ2n) is 6.62. The highest BCUT2D eigenvalue weighted by atomic mass is 16.2. The van der Waals surface area contributed by atoms with Crippen LogP contribution < -0.4 is 10.6 Å². The minimum absolute atomic E-state index is 0.0857. The quantitative estimate of drug-likeness (QED) is 0.801. The third kappa shape index (κ3) is 5.22. The fourth-order valence-corrected chi connectivity index (χ4v) is 2.12. The van der Waals surface area contributed by atoms with E-state index in [-0.39, 0.29) is 17.4 Å². The summed E-state index contributed by atoms with van der Waals surface area (Å²) in [5.41, 5.74) is 1.19. The first-order valence-corrected chi connectivity index (χ1v) is 8.04. The van der Waals surface area contributed by atoms with Crippen molar-refractivity contribution in [3.63, 3.8) is 0 Å². The van der Waals surface area contributed by atoms with Gasteiger partial charge in [-0.25, -0.2) is 0 Å². The van der Waals surface area contributed by atoms with Gasteiger partial charge < -0.3 is 10.6 Å². The molecule has 2 N–H and O–H groups in total. The van der Waals surface area contributed by atoms with Gasteiger partial charge in [-0.15, -0.1) is 0 Å². The van der Waals surface area contributed by atoms with E-state index in [1.54, 1.807) is 18.3 Å². The Morgan fingerprint density at radius 1 is 1.17 bits per heavy atom. The van der Waals surface area contributed by atoms with Crippen LogP contribution in [0.15, 0.2) is 42.7 Å². The number of rotatable bonds is 6. The SMILES string of the molecule is CC(C)(C)n1cc(NC(=O)CCCNC(=O)c2ccccc2)cn1. The first-order chi connectivity index (χ1) is 11.4. The van der Waals surface area contributed by atoms with Crippen molar-refractivity contribution in [3.05, 3.63) is 48.3 Å². The number of hydrogen-bond acceptors (Lipinski definition) is 3. The van der Waals surface area contributed by atoms with Gasteiger partial charge in [-0.05, 0) is 39.3 Å². The van der Waals surface area contributed by atoms with Crippen LogP contribution in [0.4, 0.5) is 5.69 Å². The highest BCUT2D eigenvalue weighted by Gasteiger charge is 2.14. The Labute approximate surface area is 142 Å². The van der Waals surface area contributed by atoms with Crippen molar-refractivity contribution < 1.29 is 9.59 Å². The van der Waals surface area contributed by atoms with Crippen molar-refractivity contribution in [2.75, 3.05) is 11.9 Å². The number of carbonyl (C=O) groups is 2. The molecule has 24 heavy (non-hydrogen) atoms. The molecule has 0 aliphatic heterocycles. The molecule has 2 rings (SSSR count). The summed E-state index contributed by atoms with van der Waals surface area (Å²) >= 11 is 0. The van der Waals surface area contributed by atoms with Gasteiger partial charge in [0.2, 0.25) is 5.91 Å². The van der Waals surface area contributed by atoms with E-state index < -0.39 is 0 Å². The molecule has 0 atom stereocenters. The largest absolute Gasteiger partial charge is 0.352 e. The van der Waals surface area contributed by atoms with Crippen LogP contribution in [0.1, 0.15) is 44.0 Å². The van der Waals surface area contributed by atoms with E-state index in [2.05, 4.69) is 15.7 Å². The minimum atomic E-state index is -0.123. The lowest BCUT2D eigenvalue weighted by molar-refractivity contribution is -0.116. The number of nitrogens with one attached hydrogen (secondary N) is 2. The molecule has 2 aromatic rings.